The van der Waals surface area contributed by atoms with Gasteiger partial charge in [0.15, 0.2) is 6.29 Å². The van der Waals surface area contributed by atoms with Crippen molar-refractivity contribution in [1.29, 1.82) is 0 Å². The normalized spacial score (nSPS) is 25.9. The van der Waals surface area contributed by atoms with E-state index >= 15 is 0 Å². The molecule has 1 aliphatic heterocycles. The topological polar surface area (TPSA) is 56.8 Å². The summed E-state index contributed by atoms with van der Waals surface area (Å²) in [6.07, 6.45) is 1.21. The summed E-state index contributed by atoms with van der Waals surface area (Å²) in [4.78, 5) is 11.6. The van der Waals surface area contributed by atoms with Crippen molar-refractivity contribution < 1.29 is 19.0 Å². The van der Waals surface area contributed by atoms with Gasteiger partial charge >= 0.3 is 0 Å². The maximum atomic E-state index is 11.6. The monoisotopic (exact) mass is 217 g/mol. The highest BCUT2D eigenvalue weighted by Gasteiger charge is 2.28. The number of methoxy groups -OCH3 is 2. The summed E-state index contributed by atoms with van der Waals surface area (Å²) in [5.41, 5.74) is 0. The molecule has 5 heteroatoms. The number of hydrogen-bond acceptors (Lipinski definition) is 4. The van der Waals surface area contributed by atoms with Crippen LogP contribution in [-0.2, 0) is 19.0 Å². The van der Waals surface area contributed by atoms with Gasteiger partial charge in [0.25, 0.3) is 0 Å². The molecule has 1 fully saturated rings. The van der Waals surface area contributed by atoms with Gasteiger partial charge in [0.05, 0.1) is 12.6 Å². The van der Waals surface area contributed by atoms with Crippen LogP contribution in [-0.4, -0.2) is 45.2 Å². The number of ether oxygens (including phenoxy) is 3. The van der Waals surface area contributed by atoms with Gasteiger partial charge in [0.2, 0.25) is 5.91 Å². The van der Waals surface area contributed by atoms with Gasteiger partial charge in [0.1, 0.15) is 6.10 Å². The largest absolute Gasteiger partial charge is 0.365 e. The minimum absolute atomic E-state index is 0.0848. The van der Waals surface area contributed by atoms with Crippen molar-refractivity contribution in [3.05, 3.63) is 0 Å². The van der Waals surface area contributed by atoms with E-state index < -0.39 is 6.29 Å². The fourth-order valence-electron chi connectivity index (χ4n) is 1.56. The molecule has 1 N–H and O–H groups in total. The van der Waals surface area contributed by atoms with E-state index in [0.717, 1.165) is 12.8 Å². The summed E-state index contributed by atoms with van der Waals surface area (Å²) in [6, 6.07) is 0. The zero-order valence-electron chi connectivity index (χ0n) is 9.49. The number of nitrogens with one attached hydrogen (secondary N) is 1. The van der Waals surface area contributed by atoms with E-state index in [1.165, 1.54) is 14.2 Å². The van der Waals surface area contributed by atoms with Crippen molar-refractivity contribution in [2.45, 2.75) is 38.3 Å². The third-order valence-electron chi connectivity index (χ3n) is 2.49. The van der Waals surface area contributed by atoms with Crippen molar-refractivity contribution in [3.63, 3.8) is 0 Å². The molecule has 0 aromatic heterocycles. The Labute approximate surface area is 90.1 Å². The fraction of sp³-hybridized carbons (Fsp3) is 0.900. The van der Waals surface area contributed by atoms with Crippen molar-refractivity contribution in [3.8, 4) is 0 Å². The van der Waals surface area contributed by atoms with Crippen molar-refractivity contribution in [2.75, 3.05) is 20.8 Å². The highest BCUT2D eigenvalue weighted by molar-refractivity contribution is 5.81. The van der Waals surface area contributed by atoms with Gasteiger partial charge in [0, 0.05) is 14.2 Å². The first-order valence-electron chi connectivity index (χ1n) is 5.16. The summed E-state index contributed by atoms with van der Waals surface area (Å²) in [7, 11) is 3.07. The highest BCUT2D eigenvalue weighted by Crippen LogP contribution is 2.18. The molecule has 1 amide bonds. The van der Waals surface area contributed by atoms with Gasteiger partial charge < -0.3 is 19.5 Å². The maximum absolute atomic E-state index is 11.6. The van der Waals surface area contributed by atoms with Crippen LogP contribution in [0.3, 0.4) is 0 Å². The van der Waals surface area contributed by atoms with Crippen LogP contribution in [0.1, 0.15) is 19.8 Å². The summed E-state index contributed by atoms with van der Waals surface area (Å²) < 4.78 is 15.3. The third kappa shape index (κ3) is 3.77. The standard InChI is InChI=1S/C10H19NO4/c1-7-4-5-8(15-7)10(12)11-6-9(13-2)14-3/h7-9H,4-6H2,1-3H3,(H,11,12). The lowest BCUT2D eigenvalue weighted by molar-refractivity contribution is -0.136. The van der Waals surface area contributed by atoms with E-state index in [2.05, 4.69) is 5.32 Å². The zero-order valence-corrected chi connectivity index (χ0v) is 9.49. The van der Waals surface area contributed by atoms with Gasteiger partial charge in [-0.1, -0.05) is 0 Å². The predicted octanol–water partition coefficient (Wildman–Crippen LogP) is 0.289. The summed E-state index contributed by atoms with van der Waals surface area (Å²) in [6.45, 7) is 2.32. The van der Waals surface area contributed by atoms with Crippen LogP contribution in [0.25, 0.3) is 0 Å². The number of amides is 1. The molecule has 0 aromatic rings. The Hall–Kier alpha value is -0.650. The molecule has 88 valence electrons. The molecule has 2 unspecified atom stereocenters. The molecule has 0 bridgehead atoms. The first-order chi connectivity index (χ1) is 7.17. The molecular formula is C10H19NO4. The molecule has 1 aliphatic rings. The molecule has 15 heavy (non-hydrogen) atoms. The Balaban J connectivity index is 2.23. The molecule has 1 heterocycles. The van der Waals surface area contributed by atoms with E-state index in [9.17, 15) is 4.79 Å². The number of hydrogen-bond donors (Lipinski definition) is 1. The number of carbonyl (C=O) groups excluding carboxylic acids is 1. The van der Waals surface area contributed by atoms with Gasteiger partial charge in [-0.25, -0.2) is 0 Å². The molecule has 0 saturated carbocycles. The Morgan fingerprint density at radius 1 is 1.47 bits per heavy atom. The lowest BCUT2D eigenvalue weighted by atomic mass is 10.2. The second-order valence-corrected chi connectivity index (χ2v) is 3.66. The van der Waals surface area contributed by atoms with Gasteiger partial charge in [-0.15, -0.1) is 0 Å². The Kier molecular flexibility index (Phi) is 5.01. The zero-order chi connectivity index (χ0) is 11.3. The van der Waals surface area contributed by atoms with Crippen molar-refractivity contribution in [1.82, 2.24) is 5.32 Å². The Morgan fingerprint density at radius 3 is 2.60 bits per heavy atom. The maximum Gasteiger partial charge on any atom is 0.249 e. The number of rotatable bonds is 5. The molecule has 5 nitrogen and oxygen atoms in total. The molecular weight excluding hydrogens is 198 g/mol. The van der Waals surface area contributed by atoms with E-state index in [1.54, 1.807) is 0 Å². The molecule has 2 atom stereocenters. The second-order valence-electron chi connectivity index (χ2n) is 3.66. The first kappa shape index (κ1) is 12.4. The van der Waals surface area contributed by atoms with Crippen LogP contribution in [0, 0.1) is 0 Å². The minimum Gasteiger partial charge on any atom is -0.365 e. The molecule has 1 saturated heterocycles. The van der Waals surface area contributed by atoms with Crippen molar-refractivity contribution in [2.24, 2.45) is 0 Å². The van der Waals surface area contributed by atoms with Crippen LogP contribution in [0.4, 0.5) is 0 Å². The van der Waals surface area contributed by atoms with E-state index in [-0.39, 0.29) is 18.1 Å². The highest BCUT2D eigenvalue weighted by atomic mass is 16.7. The summed E-state index contributed by atoms with van der Waals surface area (Å²) in [5, 5.41) is 2.73. The third-order valence-corrected chi connectivity index (χ3v) is 2.49. The Bertz CT molecular complexity index is 206. The van der Waals surface area contributed by atoms with Crippen molar-refractivity contribution >= 4 is 5.91 Å². The summed E-state index contributed by atoms with van der Waals surface area (Å²) >= 11 is 0. The van der Waals surface area contributed by atoms with Crippen LogP contribution in [0.15, 0.2) is 0 Å². The molecule has 0 aliphatic carbocycles. The quantitative estimate of drug-likeness (QED) is 0.672. The fourth-order valence-corrected chi connectivity index (χ4v) is 1.56. The van der Waals surface area contributed by atoms with E-state index in [0.29, 0.717) is 6.54 Å². The average molecular weight is 217 g/mol. The predicted molar refractivity (Wildman–Crippen MR) is 54.4 cm³/mol. The number of carbonyl (C=O) groups is 1. The molecule has 0 radical (unpaired) electrons. The average Bonchev–Trinajstić information content (AvgIpc) is 2.66. The van der Waals surface area contributed by atoms with Crippen LogP contribution in [0.5, 0.6) is 0 Å². The summed E-state index contributed by atoms with van der Waals surface area (Å²) in [5.74, 6) is -0.0848. The smallest absolute Gasteiger partial charge is 0.249 e. The van der Waals surface area contributed by atoms with E-state index in [4.69, 9.17) is 14.2 Å². The molecule has 1 rings (SSSR count). The minimum atomic E-state index is -0.396. The SMILES string of the molecule is COC(CNC(=O)C1CCC(C)O1)OC. The van der Waals surface area contributed by atoms with Gasteiger partial charge in [-0.2, -0.15) is 0 Å². The lowest BCUT2D eigenvalue weighted by Crippen LogP contribution is -2.40. The molecule has 0 spiro atoms. The van der Waals surface area contributed by atoms with Crippen LogP contribution in [0.2, 0.25) is 0 Å². The van der Waals surface area contributed by atoms with Gasteiger partial charge in [-0.05, 0) is 19.8 Å². The molecule has 0 aromatic carbocycles. The van der Waals surface area contributed by atoms with E-state index in [1.807, 2.05) is 6.92 Å². The second kappa shape index (κ2) is 6.05. The van der Waals surface area contributed by atoms with Crippen LogP contribution >= 0.6 is 0 Å². The Morgan fingerprint density at radius 2 is 2.13 bits per heavy atom. The van der Waals surface area contributed by atoms with Gasteiger partial charge in [-0.3, -0.25) is 4.79 Å². The first-order valence-corrected chi connectivity index (χ1v) is 5.16. The van der Waals surface area contributed by atoms with Crippen LogP contribution < -0.4 is 5.32 Å². The lowest BCUT2D eigenvalue weighted by Gasteiger charge is -2.16.